The highest BCUT2D eigenvalue weighted by atomic mass is 79.9. The van der Waals surface area contributed by atoms with Gasteiger partial charge in [-0.05, 0) is 31.9 Å². The summed E-state index contributed by atoms with van der Waals surface area (Å²) in [5.74, 6) is -48.6. The number of ether oxygens (including phenoxy) is 1. The average Bonchev–Trinajstić information content (AvgIpc) is 2.50. The van der Waals surface area contributed by atoms with Crippen molar-refractivity contribution in [3.63, 3.8) is 0 Å². The predicted molar refractivity (Wildman–Crippen MR) is 68.4 cm³/mol. The maximum atomic E-state index is 13.1. The molecule has 0 saturated carbocycles. The Morgan fingerprint density at radius 2 is 0.485 bits per heavy atom. The van der Waals surface area contributed by atoms with Gasteiger partial charge in [0.05, 0.1) is 0 Å². The van der Waals surface area contributed by atoms with E-state index in [9.17, 15) is 87.8 Å². The molecule has 0 amide bonds. The maximum Gasteiger partial charge on any atom is 0.430 e. The Labute approximate surface area is 182 Å². The molecule has 0 aromatic rings. The summed E-state index contributed by atoms with van der Waals surface area (Å²) in [5, 5.41) is 0. The minimum atomic E-state index is -8.41. The molecule has 200 valence electrons. The van der Waals surface area contributed by atoms with Crippen LogP contribution in [0.4, 0.5) is 87.8 Å². The van der Waals surface area contributed by atoms with E-state index in [4.69, 9.17) is 0 Å². The fourth-order valence-electron chi connectivity index (χ4n) is 1.41. The SMILES string of the molecule is FC(F)(Br)C(F)(F)C(F)(F)C(F)(F)C(F)(F)OC(F)(F)C(F)(F)C(F)(F)C(F)(F)C(F)(F)Br. The highest BCUT2D eigenvalue weighted by Gasteiger charge is 2.91. The normalized spacial score (nSPS) is 16.9. The Morgan fingerprint density at radius 1 is 0.303 bits per heavy atom. The largest absolute Gasteiger partial charge is 0.430 e. The molecule has 0 N–H and O–H groups in total. The fraction of sp³-hybridized carbons (Fsp3) is 1.00. The first kappa shape index (κ1) is 32.5. The van der Waals surface area contributed by atoms with Gasteiger partial charge in [0, 0.05) is 0 Å². The Morgan fingerprint density at radius 3 is 0.636 bits per heavy atom. The van der Waals surface area contributed by atoms with Gasteiger partial charge in [-0.2, -0.15) is 87.8 Å². The second kappa shape index (κ2) is 8.02. The van der Waals surface area contributed by atoms with Gasteiger partial charge in [-0.1, -0.05) is 0 Å². The second-order valence-corrected chi connectivity index (χ2v) is 7.57. The lowest BCUT2D eigenvalue weighted by Crippen LogP contribution is -2.70. The summed E-state index contributed by atoms with van der Waals surface area (Å²) in [6, 6.07) is 0. The Balaban J connectivity index is 6.59. The van der Waals surface area contributed by atoms with Crippen LogP contribution in [0.3, 0.4) is 0 Å². The van der Waals surface area contributed by atoms with Crippen molar-refractivity contribution in [1.82, 2.24) is 0 Å². The Bertz CT molecular complexity index is 657. The molecule has 23 heteroatoms. The van der Waals surface area contributed by atoms with Gasteiger partial charge in [-0.25, -0.2) is 4.74 Å². The zero-order valence-electron chi connectivity index (χ0n) is 13.7. The van der Waals surface area contributed by atoms with Crippen LogP contribution >= 0.6 is 31.9 Å². The zero-order chi connectivity index (χ0) is 27.7. The van der Waals surface area contributed by atoms with Crippen molar-refractivity contribution < 1.29 is 92.5 Å². The summed E-state index contributed by atoms with van der Waals surface area (Å²) >= 11 is 0.692. The third-order valence-electron chi connectivity index (χ3n) is 3.28. The molecule has 0 aromatic carbocycles. The first-order valence-electron chi connectivity index (χ1n) is 6.57. The molecular formula is C10Br2F20O. The van der Waals surface area contributed by atoms with Crippen LogP contribution < -0.4 is 0 Å². The topological polar surface area (TPSA) is 9.23 Å². The fourth-order valence-corrected chi connectivity index (χ4v) is 1.90. The quantitative estimate of drug-likeness (QED) is 0.169. The molecule has 0 aliphatic heterocycles. The van der Waals surface area contributed by atoms with Gasteiger partial charge in [0.2, 0.25) is 0 Å². The number of hydrogen-bond donors (Lipinski definition) is 0. The van der Waals surface area contributed by atoms with Gasteiger partial charge in [0.15, 0.2) is 0 Å². The molecule has 0 bridgehead atoms. The van der Waals surface area contributed by atoms with E-state index in [0.717, 1.165) is 4.74 Å². The maximum absolute atomic E-state index is 13.1. The summed E-state index contributed by atoms with van der Waals surface area (Å²) in [6.07, 6.45) is -16.5. The molecule has 0 unspecified atom stereocenters. The van der Waals surface area contributed by atoms with Crippen molar-refractivity contribution in [2.45, 2.75) is 57.4 Å². The molecule has 0 rings (SSSR count). The number of alkyl halides is 22. The van der Waals surface area contributed by atoms with Gasteiger partial charge in [0.1, 0.15) is 0 Å². The first-order valence-corrected chi connectivity index (χ1v) is 8.15. The van der Waals surface area contributed by atoms with E-state index in [1.807, 2.05) is 0 Å². The van der Waals surface area contributed by atoms with Crippen LogP contribution in [0.15, 0.2) is 0 Å². The molecule has 1 nitrogen and oxygen atoms in total. The summed E-state index contributed by atoms with van der Waals surface area (Å²) in [7, 11) is 0. The third-order valence-corrected chi connectivity index (χ3v) is 4.27. The summed E-state index contributed by atoms with van der Waals surface area (Å²) in [6.45, 7) is 0. The van der Waals surface area contributed by atoms with E-state index in [-0.39, 0.29) is 0 Å². The summed E-state index contributed by atoms with van der Waals surface area (Å²) < 4.78 is 259. The molecule has 0 aromatic heterocycles. The second-order valence-electron chi connectivity index (χ2n) is 5.58. The van der Waals surface area contributed by atoms with Crippen molar-refractivity contribution in [1.29, 1.82) is 0 Å². The molecule has 0 saturated heterocycles. The molecule has 0 radical (unpaired) electrons. The molecule has 0 heterocycles. The standard InChI is InChI=1S/C10Br2F20O/c11-7(25,26)3(17,18)1(13,14)5(21,22)9(29,30)33-10(31,32)6(23,24)2(15,16)4(19,20)8(12,27)28. The van der Waals surface area contributed by atoms with E-state index >= 15 is 0 Å². The van der Waals surface area contributed by atoms with Gasteiger partial charge < -0.3 is 0 Å². The van der Waals surface area contributed by atoms with Gasteiger partial charge >= 0.3 is 57.4 Å². The van der Waals surface area contributed by atoms with Crippen LogP contribution in [-0.2, 0) is 4.74 Å². The van der Waals surface area contributed by atoms with E-state index in [2.05, 4.69) is 0 Å². The van der Waals surface area contributed by atoms with Crippen molar-refractivity contribution in [2.24, 2.45) is 0 Å². The monoisotopic (exact) mass is 674 g/mol. The highest BCUT2D eigenvalue weighted by Crippen LogP contribution is 2.62. The van der Waals surface area contributed by atoms with Gasteiger partial charge in [0.25, 0.3) is 0 Å². The van der Waals surface area contributed by atoms with E-state index in [1.54, 1.807) is 0 Å². The molecule has 33 heavy (non-hydrogen) atoms. The smallest absolute Gasteiger partial charge is 0.245 e. The number of hydrogen-bond acceptors (Lipinski definition) is 1. The summed E-state index contributed by atoms with van der Waals surface area (Å²) in [4.78, 5) is -13.1. The van der Waals surface area contributed by atoms with Crippen LogP contribution in [-0.4, -0.2) is 57.4 Å². The lowest BCUT2D eigenvalue weighted by atomic mass is 10.0. The van der Waals surface area contributed by atoms with Crippen LogP contribution in [0.1, 0.15) is 0 Å². The van der Waals surface area contributed by atoms with E-state index in [0.29, 0.717) is 31.9 Å². The van der Waals surface area contributed by atoms with Gasteiger partial charge in [-0.3, -0.25) is 0 Å². The molecule has 0 spiro atoms. The number of rotatable bonds is 10. The molecule has 0 fully saturated rings. The predicted octanol–water partition coefficient (Wildman–Crippen LogP) is 7.98. The van der Waals surface area contributed by atoms with Crippen LogP contribution in [0.25, 0.3) is 0 Å². The molecule has 0 aliphatic carbocycles. The van der Waals surface area contributed by atoms with Crippen molar-refractivity contribution in [2.75, 3.05) is 0 Å². The molecular weight excluding hydrogens is 676 g/mol. The lowest BCUT2D eigenvalue weighted by Gasteiger charge is -2.41. The van der Waals surface area contributed by atoms with Crippen molar-refractivity contribution in [3.05, 3.63) is 0 Å². The first-order chi connectivity index (χ1) is 13.7. The summed E-state index contributed by atoms with van der Waals surface area (Å²) in [5.41, 5.74) is 0. The van der Waals surface area contributed by atoms with Crippen LogP contribution in [0, 0.1) is 0 Å². The third kappa shape index (κ3) is 4.57. The molecule has 0 atom stereocenters. The van der Waals surface area contributed by atoms with E-state index in [1.165, 1.54) is 0 Å². The lowest BCUT2D eigenvalue weighted by molar-refractivity contribution is -0.519. The number of halogens is 22. The van der Waals surface area contributed by atoms with Crippen molar-refractivity contribution in [3.8, 4) is 0 Å². The minimum absolute atomic E-state index is 0.346. The minimum Gasteiger partial charge on any atom is -0.245 e. The highest BCUT2D eigenvalue weighted by molar-refractivity contribution is 9.10. The van der Waals surface area contributed by atoms with Crippen LogP contribution in [0.2, 0.25) is 0 Å². The van der Waals surface area contributed by atoms with Crippen LogP contribution in [0.5, 0.6) is 0 Å². The van der Waals surface area contributed by atoms with E-state index < -0.39 is 57.4 Å². The Kier molecular flexibility index (Phi) is 7.90. The average molecular weight is 676 g/mol. The zero-order valence-corrected chi connectivity index (χ0v) is 16.9. The molecule has 0 aliphatic rings. The van der Waals surface area contributed by atoms with Crippen molar-refractivity contribution >= 4 is 31.9 Å². The Hall–Kier alpha value is -0.480. The van der Waals surface area contributed by atoms with Gasteiger partial charge in [-0.15, -0.1) is 0 Å².